The Morgan fingerprint density at radius 3 is 2.58 bits per heavy atom. The van der Waals surface area contributed by atoms with Crippen LogP contribution in [0.15, 0.2) is 53.2 Å². The van der Waals surface area contributed by atoms with E-state index in [-0.39, 0.29) is 43.4 Å². The number of carbonyl (C=O) groups is 4. The molecule has 7 heterocycles. The number of methoxy groups -OCH3 is 1. The minimum atomic E-state index is -1.05. The molecule has 9 rings (SSSR count). The Labute approximate surface area is 423 Å². The summed E-state index contributed by atoms with van der Waals surface area (Å²) in [6.07, 6.45) is 5.24. The van der Waals surface area contributed by atoms with Crippen molar-refractivity contribution in [1.29, 1.82) is 0 Å². The number of likely N-dealkylation sites (tertiary alicyclic amines) is 2. The van der Waals surface area contributed by atoms with Gasteiger partial charge in [0.1, 0.15) is 12.1 Å². The van der Waals surface area contributed by atoms with Crippen molar-refractivity contribution in [2.45, 2.75) is 110 Å². The second kappa shape index (κ2) is 21.3. The minimum Gasteiger partial charge on any atom is -0.379 e. The fraction of sp³-hybridized carbons (Fsp3) is 0.582. The van der Waals surface area contributed by atoms with E-state index in [9.17, 15) is 24.1 Å². The number of rotatable bonds is 8. The van der Waals surface area contributed by atoms with Gasteiger partial charge in [0.25, 0.3) is 11.8 Å². The molecule has 17 heteroatoms. The number of nitrogens with zero attached hydrogens (tertiary/aromatic N) is 7. The fourth-order valence-electron chi connectivity index (χ4n) is 11.6. The first-order valence-electron chi connectivity index (χ1n) is 25.9. The number of amides is 4. The van der Waals surface area contributed by atoms with E-state index in [0.29, 0.717) is 76.4 Å². The van der Waals surface area contributed by atoms with Gasteiger partial charge in [0.15, 0.2) is 6.61 Å². The van der Waals surface area contributed by atoms with Crippen molar-refractivity contribution in [3.63, 3.8) is 0 Å². The average molecular weight is 987 g/mol. The molecule has 6 bridgehead atoms. The van der Waals surface area contributed by atoms with Crippen LogP contribution in [0.25, 0.3) is 27.6 Å². The van der Waals surface area contributed by atoms with Gasteiger partial charge in [-0.2, -0.15) is 5.43 Å². The summed E-state index contributed by atoms with van der Waals surface area (Å²) in [5.41, 5.74) is 9.98. The molecule has 384 valence electrons. The number of fused-ring (bicyclic) bond motifs is 6. The number of aromatic nitrogens is 1. The van der Waals surface area contributed by atoms with Gasteiger partial charge < -0.3 is 29.2 Å². The molecular weight excluding hydrogens is 915 g/mol. The Hall–Kier alpha value is -5.93. The number of carbonyl (C=O) groups excluding carboxylic acids is 4. The fourth-order valence-corrected chi connectivity index (χ4v) is 11.6. The third-order valence-corrected chi connectivity index (χ3v) is 15.7. The molecule has 2 N–H and O–H groups in total. The van der Waals surface area contributed by atoms with E-state index in [1.807, 2.05) is 39.1 Å². The lowest BCUT2D eigenvalue weighted by Crippen LogP contribution is -2.62. The largest absolute Gasteiger partial charge is 0.379 e. The van der Waals surface area contributed by atoms with Crippen LogP contribution in [0.2, 0.25) is 0 Å². The summed E-state index contributed by atoms with van der Waals surface area (Å²) in [5.74, 6) is 4.23. The van der Waals surface area contributed by atoms with Crippen LogP contribution >= 0.6 is 0 Å². The Morgan fingerprint density at radius 1 is 1.03 bits per heavy atom. The maximum atomic E-state index is 14.9. The third-order valence-electron chi connectivity index (χ3n) is 15.7. The predicted molar refractivity (Wildman–Crippen MR) is 274 cm³/mol. The van der Waals surface area contributed by atoms with E-state index in [1.54, 1.807) is 16.9 Å². The molecule has 17 nitrogen and oxygen atoms in total. The number of aliphatic imine (C=N–C) groups is 1. The van der Waals surface area contributed by atoms with Gasteiger partial charge in [-0.1, -0.05) is 63.9 Å². The number of morpholine rings is 1. The maximum Gasteiger partial charge on any atom is 0.326 e. The monoisotopic (exact) mass is 987 g/mol. The normalized spacial score (nSPS) is 24.9. The molecule has 0 saturated carbocycles. The van der Waals surface area contributed by atoms with Crippen molar-refractivity contribution in [1.82, 2.24) is 35.0 Å². The zero-order valence-electron chi connectivity index (χ0n) is 43.1. The van der Waals surface area contributed by atoms with Gasteiger partial charge in [-0.15, -0.1) is 0 Å². The van der Waals surface area contributed by atoms with Gasteiger partial charge in [0.2, 0.25) is 16.7 Å². The SMILES string of the molecule is CO[C@@H](C)C1=C(c2c3c4cc(ccc4n2C)-c2cccc(c2)C[C@H](NC(=O)[C@H](C(C)C)N2CCC4(CCN(C(=O)C#CCN5CCOCC5)C4)C2=O)C(=O)N2CCC[C@H](N2)[N+](=O)OCC(C)(C)C3)CCC=N1. The molecule has 2 aromatic carbocycles. The first-order valence-corrected chi connectivity index (χ1v) is 25.9. The lowest BCUT2D eigenvalue weighted by atomic mass is 9.83. The van der Waals surface area contributed by atoms with Crippen LogP contribution in [0.4, 0.5) is 0 Å². The number of allylic oxidation sites excluding steroid dienone is 1. The minimum absolute atomic E-state index is 0.113. The van der Waals surface area contributed by atoms with Crippen molar-refractivity contribution in [2.75, 3.05) is 72.7 Å². The van der Waals surface area contributed by atoms with Crippen molar-refractivity contribution < 1.29 is 38.4 Å². The standard InChI is InChI=1S/C55H71N9O8/c1-36(2)49(62-25-20-55(53(62)68)19-24-61(34-55)47(65)16-11-22-60-26-28-71-29-27-60)51(66)57-44-31-38-12-8-13-39(30-38)40-17-18-45-42(32-40)43(50(59(45)6)41-14-9-21-56-48(41)37(3)70-7)33-54(4,5)35-72-64(69)46-15-10-23-63(58-46)52(44)67/h8,12-13,17-18,21,30,32,36-37,44,46,49,58H,9-10,14-15,19-20,22-29,31,33-35H2,1-7H3/p+1/t37-,44-,46+,49-,55?/m0/s1. The molecule has 1 aromatic heterocycles. The van der Waals surface area contributed by atoms with Gasteiger partial charge in [0.05, 0.1) is 41.9 Å². The first kappa shape index (κ1) is 51.0. The van der Waals surface area contributed by atoms with Crippen molar-refractivity contribution in [3.05, 3.63) is 69.9 Å². The molecule has 0 radical (unpaired) electrons. The zero-order valence-corrected chi connectivity index (χ0v) is 43.1. The zero-order chi connectivity index (χ0) is 50.9. The number of aryl methyl sites for hydroxylation is 1. The van der Waals surface area contributed by atoms with Crippen molar-refractivity contribution in [2.24, 2.45) is 28.8 Å². The molecule has 3 aromatic rings. The van der Waals surface area contributed by atoms with E-state index in [1.165, 1.54) is 5.01 Å². The molecule has 6 aliphatic rings. The predicted octanol–water partition coefficient (Wildman–Crippen LogP) is 5.04. The summed E-state index contributed by atoms with van der Waals surface area (Å²) in [6, 6.07) is 12.7. The van der Waals surface area contributed by atoms with Gasteiger partial charge in [0, 0.05) is 100 Å². The highest BCUT2D eigenvalue weighted by atomic mass is 16.8. The van der Waals surface area contributed by atoms with E-state index in [4.69, 9.17) is 19.3 Å². The summed E-state index contributed by atoms with van der Waals surface area (Å²) in [7, 11) is 3.81. The van der Waals surface area contributed by atoms with Crippen LogP contribution in [-0.2, 0) is 53.4 Å². The number of ether oxygens (including phenoxy) is 2. The van der Waals surface area contributed by atoms with Crippen LogP contribution in [0.5, 0.6) is 0 Å². The molecule has 5 atom stereocenters. The van der Waals surface area contributed by atoms with Crippen LogP contribution in [0.3, 0.4) is 0 Å². The van der Waals surface area contributed by atoms with Crippen LogP contribution < -0.4 is 10.7 Å². The summed E-state index contributed by atoms with van der Waals surface area (Å²) in [6.45, 7) is 14.8. The van der Waals surface area contributed by atoms with Gasteiger partial charge in [-0.25, -0.2) is 4.84 Å². The molecule has 1 unspecified atom stereocenters. The molecular formula is C55H72N9O8+. The molecule has 6 aliphatic heterocycles. The van der Waals surface area contributed by atoms with E-state index < -0.39 is 40.9 Å². The maximum absolute atomic E-state index is 14.9. The van der Waals surface area contributed by atoms with Crippen LogP contribution in [0, 0.1) is 33.5 Å². The number of hydrogen-bond donors (Lipinski definition) is 2. The highest BCUT2D eigenvalue weighted by molar-refractivity contribution is 5.98. The van der Waals surface area contributed by atoms with Gasteiger partial charge in [-0.05, 0) is 91.7 Å². The summed E-state index contributed by atoms with van der Waals surface area (Å²) in [5, 5.41) is 5.65. The molecule has 1 spiro atoms. The number of hydrogen-bond acceptors (Lipinski definition) is 11. The molecule has 4 amide bonds. The molecule has 72 heavy (non-hydrogen) atoms. The van der Waals surface area contributed by atoms with Gasteiger partial charge >= 0.3 is 6.17 Å². The molecule has 4 saturated heterocycles. The topological polar surface area (TPSA) is 170 Å². The van der Waals surface area contributed by atoms with Crippen LogP contribution in [0.1, 0.15) is 90.0 Å². The summed E-state index contributed by atoms with van der Waals surface area (Å²) >= 11 is 0. The van der Waals surface area contributed by atoms with E-state index >= 15 is 0 Å². The lowest BCUT2D eigenvalue weighted by molar-refractivity contribution is -0.835. The number of hydrazine groups is 1. The molecule has 4 fully saturated rings. The lowest BCUT2D eigenvalue weighted by Gasteiger charge is -2.35. The number of nitrogens with one attached hydrogen (secondary N) is 2. The first-order chi connectivity index (χ1) is 34.6. The van der Waals surface area contributed by atoms with E-state index in [2.05, 4.69) is 83.3 Å². The molecule has 0 aliphatic carbocycles. The highest BCUT2D eigenvalue weighted by Gasteiger charge is 2.54. The second-order valence-corrected chi connectivity index (χ2v) is 21.7. The quantitative estimate of drug-likeness (QED) is 0.292. The number of benzene rings is 2. The third kappa shape index (κ3) is 10.5. The summed E-state index contributed by atoms with van der Waals surface area (Å²) in [4.78, 5) is 88.4. The highest BCUT2D eigenvalue weighted by Crippen LogP contribution is 2.43. The smallest absolute Gasteiger partial charge is 0.326 e. The Bertz CT molecular complexity index is 2730. The Balaban J connectivity index is 1.01. The van der Waals surface area contributed by atoms with Crippen molar-refractivity contribution in [3.8, 4) is 23.0 Å². The second-order valence-electron chi connectivity index (χ2n) is 21.7. The van der Waals surface area contributed by atoms with E-state index in [0.717, 1.165) is 76.1 Å². The van der Waals surface area contributed by atoms with Gasteiger partial charge in [-0.3, -0.25) is 34.1 Å². The Morgan fingerprint density at radius 2 is 1.81 bits per heavy atom. The van der Waals surface area contributed by atoms with Crippen molar-refractivity contribution >= 4 is 46.3 Å². The summed E-state index contributed by atoms with van der Waals surface area (Å²) < 4.78 is 13.5. The van der Waals surface area contributed by atoms with Crippen LogP contribution in [-0.4, -0.2) is 156 Å². The Kier molecular flexibility index (Phi) is 15.1. The average Bonchev–Trinajstić information content (AvgIpc) is 4.04.